The normalized spacial score (nSPS) is 10.6. The van der Waals surface area contributed by atoms with E-state index >= 15 is 0 Å². The lowest BCUT2D eigenvalue weighted by molar-refractivity contribution is 0.0956. The van der Waals surface area contributed by atoms with Gasteiger partial charge in [0.05, 0.1) is 5.69 Å². The molecular weight excluding hydrogens is 202 g/mol. The van der Waals surface area contributed by atoms with Crippen LogP contribution >= 0.6 is 0 Å². The fraction of sp³-hybridized carbons (Fsp3) is 0.333. The lowest BCUT2D eigenvalue weighted by atomic mass is 10.2. The highest BCUT2D eigenvalue weighted by Gasteiger charge is 2.16. The Balaban J connectivity index is 2.64. The van der Waals surface area contributed by atoms with Gasteiger partial charge in [-0.2, -0.15) is 0 Å². The minimum atomic E-state index is -0.0813. The van der Waals surface area contributed by atoms with E-state index in [1.54, 1.807) is 7.05 Å². The van der Waals surface area contributed by atoms with Crippen LogP contribution in [0, 0.1) is 0 Å². The minimum Gasteiger partial charge on any atom is -0.354 e. The second kappa shape index (κ2) is 4.35. The van der Waals surface area contributed by atoms with E-state index < -0.39 is 0 Å². The molecule has 84 valence electrons. The number of carbonyl (C=O) groups excluding carboxylic acids is 1. The van der Waals surface area contributed by atoms with Crippen molar-refractivity contribution in [2.75, 3.05) is 7.05 Å². The van der Waals surface area contributed by atoms with E-state index in [0.29, 0.717) is 5.69 Å². The van der Waals surface area contributed by atoms with Crippen molar-refractivity contribution in [1.82, 2.24) is 14.7 Å². The van der Waals surface area contributed by atoms with Crippen molar-refractivity contribution in [3.63, 3.8) is 0 Å². The van der Waals surface area contributed by atoms with Crippen molar-refractivity contribution >= 4 is 11.6 Å². The van der Waals surface area contributed by atoms with Crippen LogP contribution in [0.15, 0.2) is 24.4 Å². The highest BCUT2D eigenvalue weighted by atomic mass is 16.1. The molecule has 16 heavy (non-hydrogen) atoms. The van der Waals surface area contributed by atoms with Crippen molar-refractivity contribution in [2.45, 2.75) is 19.8 Å². The molecule has 2 aromatic rings. The lowest BCUT2D eigenvalue weighted by Crippen LogP contribution is -2.21. The SMILES string of the molecule is CCCc1nc2ccccn2c1C(=O)NC. The van der Waals surface area contributed by atoms with Gasteiger partial charge in [0.2, 0.25) is 0 Å². The van der Waals surface area contributed by atoms with Crippen LogP contribution in [0.25, 0.3) is 5.65 Å². The van der Waals surface area contributed by atoms with Crippen molar-refractivity contribution in [2.24, 2.45) is 0 Å². The van der Waals surface area contributed by atoms with Gasteiger partial charge < -0.3 is 5.32 Å². The van der Waals surface area contributed by atoms with Gasteiger partial charge in [0.1, 0.15) is 11.3 Å². The number of pyridine rings is 1. The van der Waals surface area contributed by atoms with E-state index in [-0.39, 0.29) is 5.91 Å². The summed E-state index contributed by atoms with van der Waals surface area (Å²) in [7, 11) is 1.64. The molecule has 0 atom stereocenters. The van der Waals surface area contributed by atoms with Crippen molar-refractivity contribution in [3.05, 3.63) is 35.8 Å². The third-order valence-corrected chi connectivity index (χ3v) is 2.53. The number of hydrogen-bond acceptors (Lipinski definition) is 2. The largest absolute Gasteiger partial charge is 0.354 e. The average molecular weight is 217 g/mol. The number of nitrogens with one attached hydrogen (secondary N) is 1. The molecule has 0 aliphatic carbocycles. The Labute approximate surface area is 94.3 Å². The molecule has 0 aliphatic rings. The number of aryl methyl sites for hydroxylation is 1. The Bertz CT molecular complexity index is 516. The topological polar surface area (TPSA) is 46.4 Å². The molecule has 2 heterocycles. The molecule has 2 aromatic heterocycles. The first-order valence-electron chi connectivity index (χ1n) is 5.46. The number of fused-ring (bicyclic) bond motifs is 1. The van der Waals surface area contributed by atoms with Crippen LogP contribution in [0.4, 0.5) is 0 Å². The predicted octanol–water partition coefficient (Wildman–Crippen LogP) is 1.65. The lowest BCUT2D eigenvalue weighted by Gasteiger charge is -2.02. The molecule has 0 radical (unpaired) electrons. The van der Waals surface area contributed by atoms with E-state index in [1.807, 2.05) is 28.8 Å². The van der Waals surface area contributed by atoms with Crippen LogP contribution in [0.3, 0.4) is 0 Å². The monoisotopic (exact) mass is 217 g/mol. The van der Waals surface area contributed by atoms with Crippen LogP contribution in [0.5, 0.6) is 0 Å². The number of rotatable bonds is 3. The van der Waals surface area contributed by atoms with Gasteiger partial charge in [-0.05, 0) is 18.6 Å². The number of aromatic nitrogens is 2. The predicted molar refractivity (Wildman–Crippen MR) is 62.6 cm³/mol. The Morgan fingerprint density at radius 3 is 3.00 bits per heavy atom. The third-order valence-electron chi connectivity index (χ3n) is 2.53. The molecule has 0 aliphatic heterocycles. The van der Waals surface area contributed by atoms with Gasteiger partial charge in [-0.25, -0.2) is 4.98 Å². The summed E-state index contributed by atoms with van der Waals surface area (Å²) in [6.07, 6.45) is 3.67. The highest BCUT2D eigenvalue weighted by molar-refractivity contribution is 5.94. The summed E-state index contributed by atoms with van der Waals surface area (Å²) in [5, 5.41) is 2.66. The maximum Gasteiger partial charge on any atom is 0.269 e. The molecule has 1 amide bonds. The van der Waals surface area contributed by atoms with Gasteiger partial charge >= 0.3 is 0 Å². The zero-order valence-electron chi connectivity index (χ0n) is 9.53. The standard InChI is InChI=1S/C12H15N3O/c1-3-6-9-11(12(16)13-2)15-8-5-4-7-10(15)14-9/h4-5,7-8H,3,6H2,1-2H3,(H,13,16). The van der Waals surface area contributed by atoms with Crippen molar-refractivity contribution < 1.29 is 4.79 Å². The number of imidazole rings is 1. The van der Waals surface area contributed by atoms with Crippen molar-refractivity contribution in [1.29, 1.82) is 0 Å². The minimum absolute atomic E-state index is 0.0813. The van der Waals surface area contributed by atoms with Crippen LogP contribution in [0.2, 0.25) is 0 Å². The second-order valence-corrected chi connectivity index (χ2v) is 3.67. The van der Waals surface area contributed by atoms with Gasteiger partial charge in [-0.1, -0.05) is 19.4 Å². The van der Waals surface area contributed by atoms with E-state index in [1.165, 1.54) is 0 Å². The molecule has 0 bridgehead atoms. The van der Waals surface area contributed by atoms with Crippen LogP contribution < -0.4 is 5.32 Å². The zero-order chi connectivity index (χ0) is 11.5. The van der Waals surface area contributed by atoms with E-state index in [2.05, 4.69) is 17.2 Å². The first-order valence-corrected chi connectivity index (χ1v) is 5.46. The summed E-state index contributed by atoms with van der Waals surface area (Å²) in [5.41, 5.74) is 2.34. The second-order valence-electron chi connectivity index (χ2n) is 3.67. The smallest absolute Gasteiger partial charge is 0.269 e. The molecule has 2 rings (SSSR count). The molecule has 0 fully saturated rings. The Morgan fingerprint density at radius 1 is 1.50 bits per heavy atom. The molecule has 0 unspecified atom stereocenters. The summed E-state index contributed by atoms with van der Waals surface area (Å²) in [5.74, 6) is -0.0813. The number of carbonyl (C=O) groups is 1. The van der Waals surface area contributed by atoms with Gasteiger partial charge in [0.15, 0.2) is 0 Å². The summed E-state index contributed by atoms with van der Waals surface area (Å²) in [4.78, 5) is 16.3. The summed E-state index contributed by atoms with van der Waals surface area (Å²) in [6, 6.07) is 5.73. The Morgan fingerprint density at radius 2 is 2.31 bits per heavy atom. The van der Waals surface area contributed by atoms with Crippen molar-refractivity contribution in [3.8, 4) is 0 Å². The van der Waals surface area contributed by atoms with E-state index in [9.17, 15) is 4.79 Å². The van der Waals surface area contributed by atoms with E-state index in [4.69, 9.17) is 0 Å². The van der Waals surface area contributed by atoms with Gasteiger partial charge in [-0.3, -0.25) is 9.20 Å². The van der Waals surface area contributed by atoms with Gasteiger partial charge in [0, 0.05) is 13.2 Å². The average Bonchev–Trinajstić information content (AvgIpc) is 2.66. The molecule has 0 spiro atoms. The molecule has 0 saturated heterocycles. The summed E-state index contributed by atoms with van der Waals surface area (Å²) in [6.45, 7) is 2.08. The molecule has 0 saturated carbocycles. The fourth-order valence-electron chi connectivity index (χ4n) is 1.81. The highest BCUT2D eigenvalue weighted by Crippen LogP contribution is 2.14. The number of nitrogens with zero attached hydrogens (tertiary/aromatic N) is 2. The Hall–Kier alpha value is -1.84. The van der Waals surface area contributed by atoms with Crippen LogP contribution in [-0.2, 0) is 6.42 Å². The van der Waals surface area contributed by atoms with Crippen LogP contribution in [0.1, 0.15) is 29.5 Å². The van der Waals surface area contributed by atoms with Gasteiger partial charge in [0.25, 0.3) is 5.91 Å². The third kappa shape index (κ3) is 1.66. The fourth-order valence-corrected chi connectivity index (χ4v) is 1.81. The molecular formula is C12H15N3O. The Kier molecular flexibility index (Phi) is 2.90. The van der Waals surface area contributed by atoms with E-state index in [0.717, 1.165) is 24.2 Å². The summed E-state index contributed by atoms with van der Waals surface area (Å²) >= 11 is 0. The zero-order valence-corrected chi connectivity index (χ0v) is 9.53. The molecule has 1 N–H and O–H groups in total. The first-order chi connectivity index (χ1) is 7.77. The maximum absolute atomic E-state index is 11.8. The van der Waals surface area contributed by atoms with Gasteiger partial charge in [-0.15, -0.1) is 0 Å². The summed E-state index contributed by atoms with van der Waals surface area (Å²) < 4.78 is 1.84. The maximum atomic E-state index is 11.8. The van der Waals surface area contributed by atoms with Crippen LogP contribution in [-0.4, -0.2) is 22.3 Å². The number of hydrogen-bond donors (Lipinski definition) is 1. The molecule has 0 aromatic carbocycles. The quantitative estimate of drug-likeness (QED) is 0.849. The number of amides is 1. The molecule has 4 nitrogen and oxygen atoms in total. The first kappa shape index (κ1) is 10.7. The molecule has 4 heteroatoms.